The van der Waals surface area contributed by atoms with Crippen LogP contribution in [0.1, 0.15) is 25.8 Å². The molecule has 3 aromatic rings. The Bertz CT molecular complexity index is 1340. The van der Waals surface area contributed by atoms with Crippen LogP contribution in [0.3, 0.4) is 0 Å². The molecule has 1 atom stereocenters. The van der Waals surface area contributed by atoms with Crippen LogP contribution in [0.2, 0.25) is 5.02 Å². The molecule has 2 amide bonds. The summed E-state index contributed by atoms with van der Waals surface area (Å²) in [6.45, 7) is 3.62. The summed E-state index contributed by atoms with van der Waals surface area (Å²) in [6.07, 6.45) is 0.742. The minimum Gasteiger partial charge on any atom is -0.495 e. The minimum atomic E-state index is -4.17. The summed E-state index contributed by atoms with van der Waals surface area (Å²) < 4.78 is 33.7. The zero-order valence-corrected chi connectivity index (χ0v) is 23.2. The molecule has 1 N–H and O–H groups in total. The van der Waals surface area contributed by atoms with Crippen molar-refractivity contribution in [2.45, 2.75) is 37.8 Å². The van der Waals surface area contributed by atoms with E-state index in [2.05, 4.69) is 5.32 Å². The molecule has 0 spiro atoms. The van der Waals surface area contributed by atoms with Crippen LogP contribution in [0.4, 0.5) is 5.69 Å². The van der Waals surface area contributed by atoms with Gasteiger partial charge in [0, 0.05) is 13.1 Å². The van der Waals surface area contributed by atoms with E-state index in [1.54, 1.807) is 25.1 Å². The van der Waals surface area contributed by atoms with Crippen LogP contribution in [0, 0.1) is 0 Å². The van der Waals surface area contributed by atoms with E-state index in [0.29, 0.717) is 12.3 Å². The highest BCUT2D eigenvalue weighted by Crippen LogP contribution is 2.32. The van der Waals surface area contributed by atoms with E-state index in [4.69, 9.17) is 16.3 Å². The van der Waals surface area contributed by atoms with Gasteiger partial charge in [-0.3, -0.25) is 13.9 Å². The fraction of sp³-hybridized carbons (Fsp3) is 0.286. The molecule has 1 unspecified atom stereocenters. The fourth-order valence-corrected chi connectivity index (χ4v) is 5.50. The molecule has 3 rings (SSSR count). The van der Waals surface area contributed by atoms with E-state index in [1.807, 2.05) is 37.3 Å². The van der Waals surface area contributed by atoms with Crippen LogP contribution in [-0.2, 0) is 26.2 Å². The maximum atomic E-state index is 13.8. The van der Waals surface area contributed by atoms with Gasteiger partial charge in [-0.25, -0.2) is 8.42 Å². The number of rotatable bonds is 12. The van der Waals surface area contributed by atoms with Crippen molar-refractivity contribution in [2.24, 2.45) is 0 Å². The van der Waals surface area contributed by atoms with Crippen molar-refractivity contribution in [2.75, 3.05) is 24.5 Å². The standard InChI is InChI=1S/C28H32ClN3O5S/c1-4-17-30-28(34)21(2)31(19-22-11-7-5-8-12-22)27(33)20-32(23-15-16-26(37-3)25(29)18-23)38(35,36)24-13-9-6-10-14-24/h5-16,18,21H,4,17,19-20H2,1-3H3,(H,30,34). The fourth-order valence-electron chi connectivity index (χ4n) is 3.82. The smallest absolute Gasteiger partial charge is 0.264 e. The summed E-state index contributed by atoms with van der Waals surface area (Å²) in [6, 6.07) is 20.7. The predicted molar refractivity (Wildman–Crippen MR) is 149 cm³/mol. The average molecular weight is 558 g/mol. The van der Waals surface area contributed by atoms with Crippen molar-refractivity contribution in [1.82, 2.24) is 10.2 Å². The molecule has 0 aliphatic rings. The number of ether oxygens (including phenoxy) is 1. The maximum absolute atomic E-state index is 13.8. The largest absolute Gasteiger partial charge is 0.495 e. The molecule has 0 saturated carbocycles. The van der Waals surface area contributed by atoms with Crippen LogP contribution >= 0.6 is 11.6 Å². The van der Waals surface area contributed by atoms with E-state index >= 15 is 0 Å². The highest BCUT2D eigenvalue weighted by Gasteiger charge is 2.32. The second-order valence-electron chi connectivity index (χ2n) is 8.62. The zero-order valence-electron chi connectivity index (χ0n) is 21.6. The summed E-state index contributed by atoms with van der Waals surface area (Å²) in [5.41, 5.74) is 0.997. The van der Waals surface area contributed by atoms with Gasteiger partial charge in [-0.15, -0.1) is 0 Å². The van der Waals surface area contributed by atoms with Gasteiger partial charge in [-0.2, -0.15) is 0 Å². The van der Waals surface area contributed by atoms with Gasteiger partial charge in [-0.05, 0) is 49.2 Å². The SMILES string of the molecule is CCCNC(=O)C(C)N(Cc1ccccc1)C(=O)CN(c1ccc(OC)c(Cl)c1)S(=O)(=O)c1ccccc1. The maximum Gasteiger partial charge on any atom is 0.264 e. The molecule has 38 heavy (non-hydrogen) atoms. The van der Waals surface area contributed by atoms with Gasteiger partial charge in [0.1, 0.15) is 18.3 Å². The number of anilines is 1. The molecular formula is C28H32ClN3O5S. The molecule has 10 heteroatoms. The van der Waals surface area contributed by atoms with Crippen molar-refractivity contribution in [3.05, 3.63) is 89.4 Å². The molecule has 0 heterocycles. The first-order valence-electron chi connectivity index (χ1n) is 12.2. The van der Waals surface area contributed by atoms with Crippen LogP contribution in [0.15, 0.2) is 83.8 Å². The molecule has 0 aliphatic carbocycles. The molecular weight excluding hydrogens is 526 g/mol. The normalized spacial score (nSPS) is 11.9. The number of hydrogen-bond donors (Lipinski definition) is 1. The van der Waals surface area contributed by atoms with E-state index in [0.717, 1.165) is 16.3 Å². The van der Waals surface area contributed by atoms with Crippen molar-refractivity contribution in [3.63, 3.8) is 0 Å². The van der Waals surface area contributed by atoms with E-state index in [9.17, 15) is 18.0 Å². The number of sulfonamides is 1. The first kappa shape index (κ1) is 29.0. The van der Waals surface area contributed by atoms with Crippen LogP contribution < -0.4 is 14.4 Å². The Morgan fingerprint density at radius 3 is 2.21 bits per heavy atom. The Kier molecular flexibility index (Phi) is 10.2. The second-order valence-corrected chi connectivity index (χ2v) is 10.9. The van der Waals surface area contributed by atoms with Gasteiger partial charge < -0.3 is 15.0 Å². The number of halogens is 1. The Balaban J connectivity index is 2.03. The molecule has 0 fully saturated rings. The lowest BCUT2D eigenvalue weighted by Gasteiger charge is -2.32. The molecule has 0 bridgehead atoms. The third kappa shape index (κ3) is 7.05. The highest BCUT2D eigenvalue weighted by atomic mass is 35.5. The van der Waals surface area contributed by atoms with Gasteiger partial charge in [0.05, 0.1) is 22.7 Å². The quantitative estimate of drug-likeness (QED) is 0.354. The van der Waals surface area contributed by atoms with Gasteiger partial charge in [0.2, 0.25) is 11.8 Å². The van der Waals surface area contributed by atoms with E-state index < -0.39 is 28.5 Å². The van der Waals surface area contributed by atoms with Crippen molar-refractivity contribution in [1.29, 1.82) is 0 Å². The van der Waals surface area contributed by atoms with E-state index in [-0.39, 0.29) is 28.1 Å². The number of hydrogen-bond acceptors (Lipinski definition) is 5. The summed E-state index contributed by atoms with van der Waals surface area (Å²) in [5, 5.41) is 3.01. The molecule has 0 radical (unpaired) electrons. The monoisotopic (exact) mass is 557 g/mol. The van der Waals surface area contributed by atoms with Crippen molar-refractivity contribution < 1.29 is 22.7 Å². The number of carbonyl (C=O) groups is 2. The molecule has 202 valence electrons. The Labute approximate surface area is 229 Å². The number of amides is 2. The Morgan fingerprint density at radius 1 is 1.00 bits per heavy atom. The summed E-state index contributed by atoms with van der Waals surface area (Å²) in [4.78, 5) is 28.1. The third-order valence-electron chi connectivity index (χ3n) is 5.95. The zero-order chi connectivity index (χ0) is 27.7. The lowest BCUT2D eigenvalue weighted by atomic mass is 10.1. The molecule has 3 aromatic carbocycles. The third-order valence-corrected chi connectivity index (χ3v) is 8.03. The lowest BCUT2D eigenvalue weighted by Crippen LogP contribution is -2.51. The average Bonchev–Trinajstić information content (AvgIpc) is 2.93. The molecule has 0 aromatic heterocycles. The number of nitrogens with zero attached hydrogens (tertiary/aromatic N) is 2. The summed E-state index contributed by atoms with van der Waals surface area (Å²) in [5.74, 6) is -0.494. The van der Waals surface area contributed by atoms with Gasteiger partial charge in [-0.1, -0.05) is 67.1 Å². The number of methoxy groups -OCH3 is 1. The lowest BCUT2D eigenvalue weighted by molar-refractivity contribution is -0.139. The van der Waals surface area contributed by atoms with Crippen LogP contribution in [0.5, 0.6) is 5.75 Å². The molecule has 8 nitrogen and oxygen atoms in total. The van der Waals surface area contributed by atoms with E-state index in [1.165, 1.54) is 42.3 Å². The minimum absolute atomic E-state index is 0.0167. The summed E-state index contributed by atoms with van der Waals surface area (Å²) >= 11 is 6.32. The van der Waals surface area contributed by atoms with Crippen LogP contribution in [0.25, 0.3) is 0 Å². The molecule has 0 saturated heterocycles. The second kappa shape index (κ2) is 13.3. The van der Waals surface area contributed by atoms with Gasteiger partial charge in [0.25, 0.3) is 10.0 Å². The first-order valence-corrected chi connectivity index (χ1v) is 14.0. The number of benzene rings is 3. The topological polar surface area (TPSA) is 96.0 Å². The van der Waals surface area contributed by atoms with Gasteiger partial charge in [0.15, 0.2) is 0 Å². The Hall–Kier alpha value is -3.56. The Morgan fingerprint density at radius 2 is 1.63 bits per heavy atom. The van der Waals surface area contributed by atoms with Crippen LogP contribution in [-0.4, -0.2) is 51.4 Å². The summed E-state index contributed by atoms with van der Waals surface area (Å²) in [7, 11) is -2.71. The first-order chi connectivity index (χ1) is 18.2. The molecule has 0 aliphatic heterocycles. The highest BCUT2D eigenvalue weighted by molar-refractivity contribution is 7.92. The van der Waals surface area contributed by atoms with Crippen molar-refractivity contribution in [3.8, 4) is 5.75 Å². The number of carbonyl (C=O) groups excluding carboxylic acids is 2. The van der Waals surface area contributed by atoms with Crippen molar-refractivity contribution >= 4 is 39.1 Å². The predicted octanol–water partition coefficient (Wildman–Crippen LogP) is 4.49. The number of nitrogens with one attached hydrogen (secondary N) is 1. The van der Waals surface area contributed by atoms with Gasteiger partial charge >= 0.3 is 0 Å².